The minimum absolute atomic E-state index is 0.169. The second-order valence-electron chi connectivity index (χ2n) is 6.33. The highest BCUT2D eigenvalue weighted by atomic mass is 16.6. The van der Waals surface area contributed by atoms with Gasteiger partial charge in [-0.1, -0.05) is 31.1 Å². The third-order valence-electron chi connectivity index (χ3n) is 4.34. The smallest absolute Gasteiger partial charge is 0.265 e. The molecule has 0 heterocycles. The van der Waals surface area contributed by atoms with Crippen molar-refractivity contribution in [2.75, 3.05) is 25.6 Å². The Morgan fingerprint density at radius 2 is 1.89 bits per heavy atom. The van der Waals surface area contributed by atoms with E-state index >= 15 is 0 Å². The number of benzene rings is 2. The molecule has 2 aromatic rings. The first kappa shape index (κ1) is 21.3. The van der Waals surface area contributed by atoms with Gasteiger partial charge in [-0.2, -0.15) is 0 Å². The molecule has 1 N–H and O–H groups in total. The number of ether oxygens (including phenoxy) is 2. The van der Waals surface area contributed by atoms with Crippen LogP contribution >= 0.6 is 0 Å². The molecule has 0 radical (unpaired) electrons. The van der Waals surface area contributed by atoms with Crippen LogP contribution in [0.4, 0.5) is 5.69 Å². The first-order valence-electron chi connectivity index (χ1n) is 9.43. The highest BCUT2D eigenvalue weighted by Gasteiger charge is 2.06. The highest BCUT2D eigenvalue weighted by molar-refractivity contribution is 5.91. The normalized spacial score (nSPS) is 11.9. The maximum atomic E-state index is 12.0. The van der Waals surface area contributed by atoms with E-state index in [1.807, 2.05) is 37.3 Å². The number of carbonyl (C=O) groups excluding carboxylic acids is 1. The van der Waals surface area contributed by atoms with Crippen molar-refractivity contribution in [2.45, 2.75) is 33.1 Å². The number of carbonyl (C=O) groups is 1. The lowest BCUT2D eigenvalue weighted by Gasteiger charge is -2.10. The van der Waals surface area contributed by atoms with Gasteiger partial charge >= 0.3 is 0 Å². The molecule has 0 aliphatic rings. The quantitative estimate of drug-likeness (QED) is 0.480. The number of anilines is 1. The molecule has 0 aliphatic carbocycles. The summed E-state index contributed by atoms with van der Waals surface area (Å²) in [4.78, 5) is 17.1. The molecule has 0 fully saturated rings. The van der Waals surface area contributed by atoms with E-state index in [1.54, 1.807) is 19.2 Å². The van der Waals surface area contributed by atoms with Crippen LogP contribution in [-0.4, -0.2) is 32.4 Å². The van der Waals surface area contributed by atoms with Gasteiger partial charge in [0.05, 0.1) is 19.9 Å². The Morgan fingerprint density at radius 3 is 2.54 bits per heavy atom. The van der Waals surface area contributed by atoms with Crippen molar-refractivity contribution >= 4 is 17.8 Å². The zero-order valence-corrected chi connectivity index (χ0v) is 16.9. The lowest BCUT2D eigenvalue weighted by atomic mass is 9.99. The summed E-state index contributed by atoms with van der Waals surface area (Å²) in [5, 5.41) is 6.63. The summed E-state index contributed by atoms with van der Waals surface area (Å²) >= 11 is 0. The van der Waals surface area contributed by atoms with E-state index in [9.17, 15) is 4.79 Å². The first-order chi connectivity index (χ1) is 13.6. The van der Waals surface area contributed by atoms with Gasteiger partial charge in [0.25, 0.3) is 5.91 Å². The molecular formula is C22H28N2O4. The van der Waals surface area contributed by atoms with Gasteiger partial charge in [-0.15, -0.1) is 0 Å². The van der Waals surface area contributed by atoms with Crippen LogP contribution in [0.2, 0.25) is 0 Å². The number of hydrogen-bond donors (Lipinski definition) is 1. The Balaban J connectivity index is 1.83. The predicted molar refractivity (Wildman–Crippen MR) is 111 cm³/mol. The molecule has 0 bridgehead atoms. The minimum atomic E-state index is -0.266. The summed E-state index contributed by atoms with van der Waals surface area (Å²) in [5.41, 5.74) is 2.77. The van der Waals surface area contributed by atoms with Crippen LogP contribution in [0, 0.1) is 0 Å². The molecule has 0 saturated heterocycles. The van der Waals surface area contributed by atoms with Gasteiger partial charge in [0.2, 0.25) is 0 Å². The lowest BCUT2D eigenvalue weighted by molar-refractivity contribution is -0.120. The molecule has 1 atom stereocenters. The predicted octanol–water partition coefficient (Wildman–Crippen LogP) is 4.60. The minimum Gasteiger partial charge on any atom is -0.493 e. The summed E-state index contributed by atoms with van der Waals surface area (Å²) in [6, 6.07) is 13.3. The molecule has 2 rings (SSSR count). The van der Waals surface area contributed by atoms with Crippen molar-refractivity contribution in [2.24, 2.45) is 5.16 Å². The fraction of sp³-hybridized carbons (Fsp3) is 0.364. The summed E-state index contributed by atoms with van der Waals surface area (Å²) in [7, 11) is 1.58. The average molecular weight is 384 g/mol. The first-order valence-corrected chi connectivity index (χ1v) is 9.43. The molecule has 150 valence electrons. The van der Waals surface area contributed by atoms with E-state index in [4.69, 9.17) is 14.3 Å². The lowest BCUT2D eigenvalue weighted by Crippen LogP contribution is -2.17. The Labute approximate surface area is 166 Å². The molecule has 2 aromatic carbocycles. The Kier molecular flexibility index (Phi) is 8.34. The number of hydrogen-bond acceptors (Lipinski definition) is 5. The van der Waals surface area contributed by atoms with E-state index in [1.165, 1.54) is 11.8 Å². The molecular weight excluding hydrogens is 356 g/mol. The van der Waals surface area contributed by atoms with Gasteiger partial charge in [0, 0.05) is 11.3 Å². The number of nitrogens with one attached hydrogen (secondary N) is 1. The zero-order valence-electron chi connectivity index (χ0n) is 16.9. The van der Waals surface area contributed by atoms with Gasteiger partial charge in [-0.25, -0.2) is 0 Å². The maximum Gasteiger partial charge on any atom is 0.265 e. The summed E-state index contributed by atoms with van der Waals surface area (Å²) in [5.74, 6) is 1.52. The van der Waals surface area contributed by atoms with Gasteiger partial charge in [0.1, 0.15) is 0 Å². The van der Waals surface area contributed by atoms with E-state index in [0.29, 0.717) is 24.0 Å². The summed E-state index contributed by atoms with van der Waals surface area (Å²) < 4.78 is 10.8. The summed E-state index contributed by atoms with van der Waals surface area (Å²) in [6.07, 6.45) is 2.60. The third kappa shape index (κ3) is 6.30. The fourth-order valence-electron chi connectivity index (χ4n) is 2.56. The number of nitrogens with zero attached hydrogens (tertiary/aromatic N) is 1. The molecule has 0 unspecified atom stereocenters. The van der Waals surface area contributed by atoms with Crippen molar-refractivity contribution in [3.8, 4) is 11.5 Å². The van der Waals surface area contributed by atoms with Crippen LogP contribution in [0.1, 0.15) is 44.2 Å². The van der Waals surface area contributed by atoms with Crippen LogP contribution in [0.5, 0.6) is 11.5 Å². The Bertz CT molecular complexity index is 788. The molecule has 0 aliphatic heterocycles. The molecule has 1 amide bonds. The number of amides is 1. The van der Waals surface area contributed by atoms with Crippen LogP contribution in [0.25, 0.3) is 0 Å². The van der Waals surface area contributed by atoms with Gasteiger partial charge in [-0.05, 0) is 55.2 Å². The maximum absolute atomic E-state index is 12.0. The Morgan fingerprint density at radius 1 is 1.14 bits per heavy atom. The van der Waals surface area contributed by atoms with Crippen molar-refractivity contribution < 1.29 is 19.1 Å². The van der Waals surface area contributed by atoms with Crippen molar-refractivity contribution in [1.82, 2.24) is 0 Å². The molecule has 0 aromatic heterocycles. The van der Waals surface area contributed by atoms with Crippen LogP contribution in [0.3, 0.4) is 0 Å². The SMILES string of the molecule is CCOc1ccc(/C=N\OCC(=O)Nc2ccc([C@@H](C)CC)cc2)cc1OC. The van der Waals surface area contributed by atoms with Crippen molar-refractivity contribution in [1.29, 1.82) is 0 Å². The number of rotatable bonds is 10. The molecule has 6 nitrogen and oxygen atoms in total. The van der Waals surface area contributed by atoms with Gasteiger partial charge in [0.15, 0.2) is 18.1 Å². The number of oxime groups is 1. The second-order valence-corrected chi connectivity index (χ2v) is 6.33. The standard InChI is InChI=1S/C22H28N2O4/c1-5-16(3)18-8-10-19(11-9-18)24-22(25)15-28-23-14-17-7-12-20(27-6-2)21(13-17)26-4/h7-14,16H,5-6,15H2,1-4H3,(H,24,25)/b23-14-/t16-/m0/s1. The molecule has 0 saturated carbocycles. The zero-order chi connectivity index (χ0) is 20.4. The number of methoxy groups -OCH3 is 1. The largest absolute Gasteiger partial charge is 0.493 e. The van der Waals surface area contributed by atoms with E-state index < -0.39 is 0 Å². The van der Waals surface area contributed by atoms with Gasteiger partial charge < -0.3 is 19.6 Å². The van der Waals surface area contributed by atoms with Crippen LogP contribution < -0.4 is 14.8 Å². The van der Waals surface area contributed by atoms with Crippen LogP contribution in [0.15, 0.2) is 47.6 Å². The highest BCUT2D eigenvalue weighted by Crippen LogP contribution is 2.27. The van der Waals surface area contributed by atoms with Crippen molar-refractivity contribution in [3.05, 3.63) is 53.6 Å². The monoisotopic (exact) mass is 384 g/mol. The fourth-order valence-corrected chi connectivity index (χ4v) is 2.56. The molecule has 0 spiro atoms. The van der Waals surface area contributed by atoms with Crippen LogP contribution in [-0.2, 0) is 9.63 Å². The van der Waals surface area contributed by atoms with E-state index in [2.05, 4.69) is 24.3 Å². The molecule has 6 heteroatoms. The third-order valence-corrected chi connectivity index (χ3v) is 4.34. The average Bonchev–Trinajstić information content (AvgIpc) is 2.72. The topological polar surface area (TPSA) is 69.2 Å². The summed E-state index contributed by atoms with van der Waals surface area (Å²) in [6.45, 7) is 6.63. The van der Waals surface area contributed by atoms with Gasteiger partial charge in [-0.3, -0.25) is 4.79 Å². The second kappa shape index (κ2) is 11.0. The van der Waals surface area contributed by atoms with E-state index in [-0.39, 0.29) is 12.5 Å². The van der Waals surface area contributed by atoms with Crippen molar-refractivity contribution in [3.63, 3.8) is 0 Å². The Hall–Kier alpha value is -3.02. The van der Waals surface area contributed by atoms with E-state index in [0.717, 1.165) is 17.7 Å². The molecule has 28 heavy (non-hydrogen) atoms.